The lowest BCUT2D eigenvalue weighted by atomic mass is 9.92. The van der Waals surface area contributed by atoms with E-state index in [9.17, 15) is 30.3 Å². The van der Waals surface area contributed by atoms with Crippen molar-refractivity contribution in [1.82, 2.24) is 0 Å². The molecule has 0 radical (unpaired) electrons. The van der Waals surface area contributed by atoms with Crippen molar-refractivity contribution in [2.45, 2.75) is 12.1 Å². The van der Waals surface area contributed by atoms with Crippen molar-refractivity contribution >= 4 is 0 Å². The van der Waals surface area contributed by atoms with Crippen LogP contribution < -0.4 is 17.2 Å². The monoisotopic (exact) mass is 260 g/mol. The second-order valence-electron chi connectivity index (χ2n) is 3.46. The Morgan fingerprint density at radius 3 is 1.50 bits per heavy atom. The fourth-order valence-corrected chi connectivity index (χ4v) is 1.66. The lowest BCUT2D eigenvalue weighted by Crippen LogP contribution is -2.58. The van der Waals surface area contributed by atoms with Crippen LogP contribution in [0.3, 0.4) is 0 Å². The third-order valence-corrected chi connectivity index (χ3v) is 2.36. The summed E-state index contributed by atoms with van der Waals surface area (Å²) in [6.07, 6.45) is -0.528. The maximum atomic E-state index is 10.9. The van der Waals surface area contributed by atoms with Gasteiger partial charge in [-0.15, -0.1) is 0 Å². The molecule has 1 aliphatic carbocycles. The molecule has 12 heteroatoms. The highest BCUT2D eigenvalue weighted by molar-refractivity contribution is 5.35. The SMILES string of the molecule is NC1=C([N+](=O)[O-])C(N)([N+](=O)[O-])C([N+](=O)[O-])=C(N)C1. The van der Waals surface area contributed by atoms with Crippen LogP contribution in [0.2, 0.25) is 0 Å². The van der Waals surface area contributed by atoms with E-state index in [-0.39, 0.29) is 0 Å². The Kier molecular flexibility index (Phi) is 2.90. The van der Waals surface area contributed by atoms with Gasteiger partial charge in [-0.1, -0.05) is 0 Å². The lowest BCUT2D eigenvalue weighted by Gasteiger charge is -2.21. The van der Waals surface area contributed by atoms with Gasteiger partial charge in [0.1, 0.15) is 0 Å². The molecule has 0 aromatic rings. The van der Waals surface area contributed by atoms with Gasteiger partial charge in [-0.25, -0.2) is 5.73 Å². The Bertz CT molecular complexity index is 485. The van der Waals surface area contributed by atoms with Gasteiger partial charge in [0.05, 0.1) is 26.2 Å². The van der Waals surface area contributed by atoms with E-state index in [4.69, 9.17) is 17.2 Å². The summed E-state index contributed by atoms with van der Waals surface area (Å²) in [6, 6.07) is 0. The van der Waals surface area contributed by atoms with Crippen molar-refractivity contribution in [3.63, 3.8) is 0 Å². The number of nitro groups is 3. The zero-order valence-corrected chi connectivity index (χ0v) is 8.73. The first-order chi connectivity index (χ1) is 8.13. The number of nitrogens with zero attached hydrogens (tertiary/aromatic N) is 3. The molecular weight excluding hydrogens is 252 g/mol. The minimum absolute atomic E-state index is 0.528. The van der Waals surface area contributed by atoms with Gasteiger partial charge in [0.2, 0.25) is 0 Å². The molecule has 1 rings (SSSR count). The zero-order valence-electron chi connectivity index (χ0n) is 8.73. The molecule has 0 atom stereocenters. The first-order valence-corrected chi connectivity index (χ1v) is 4.34. The predicted molar refractivity (Wildman–Crippen MR) is 54.9 cm³/mol. The van der Waals surface area contributed by atoms with Crippen molar-refractivity contribution in [2.24, 2.45) is 17.2 Å². The minimum atomic E-state index is -3.17. The van der Waals surface area contributed by atoms with Crippen LogP contribution in [0.1, 0.15) is 6.42 Å². The fraction of sp³-hybridized carbons (Fsp3) is 0.333. The van der Waals surface area contributed by atoms with Crippen LogP contribution in [0.4, 0.5) is 0 Å². The summed E-state index contributed by atoms with van der Waals surface area (Å²) in [5.41, 5.74) is 8.93. The van der Waals surface area contributed by atoms with Gasteiger partial charge < -0.3 is 11.5 Å². The van der Waals surface area contributed by atoms with Crippen LogP contribution in [0.5, 0.6) is 0 Å². The van der Waals surface area contributed by atoms with E-state index >= 15 is 0 Å². The fourth-order valence-electron chi connectivity index (χ4n) is 1.66. The number of hydrogen-bond acceptors (Lipinski definition) is 9. The molecule has 18 heavy (non-hydrogen) atoms. The highest BCUT2D eigenvalue weighted by Crippen LogP contribution is 2.34. The molecule has 0 unspecified atom stereocenters. The van der Waals surface area contributed by atoms with Crippen LogP contribution >= 0.6 is 0 Å². The largest absolute Gasteiger partial charge is 0.453 e. The summed E-state index contributed by atoms with van der Waals surface area (Å²) in [5.74, 6) is 0. The lowest BCUT2D eigenvalue weighted by molar-refractivity contribution is -0.617. The molecule has 6 N–H and O–H groups in total. The highest BCUT2D eigenvalue weighted by Gasteiger charge is 2.66. The third kappa shape index (κ3) is 1.60. The molecule has 0 heterocycles. The standard InChI is InChI=1S/C6H8N6O6/c7-2-1-3(8)5(11(15)16)6(9,12(17)18)4(2)10(13)14/h1,7-9H2. The Balaban J connectivity index is 3.66. The van der Waals surface area contributed by atoms with Crippen LogP contribution in [-0.2, 0) is 0 Å². The molecule has 0 bridgehead atoms. The molecule has 0 spiro atoms. The van der Waals surface area contributed by atoms with Crippen molar-refractivity contribution in [3.05, 3.63) is 53.1 Å². The molecule has 98 valence electrons. The van der Waals surface area contributed by atoms with Crippen LogP contribution in [0.15, 0.2) is 22.8 Å². The molecule has 0 fully saturated rings. The average molecular weight is 260 g/mol. The number of nitrogens with two attached hydrogens (primary N) is 3. The molecule has 0 aromatic carbocycles. The van der Waals surface area contributed by atoms with E-state index in [1.165, 1.54) is 0 Å². The van der Waals surface area contributed by atoms with Crippen LogP contribution in [0.25, 0.3) is 0 Å². The molecular formula is C6H8N6O6. The molecule has 0 saturated heterocycles. The van der Waals surface area contributed by atoms with Crippen LogP contribution in [0, 0.1) is 30.3 Å². The molecule has 12 nitrogen and oxygen atoms in total. The molecule has 0 aromatic heterocycles. The van der Waals surface area contributed by atoms with E-state index in [1.54, 1.807) is 0 Å². The number of rotatable bonds is 3. The van der Waals surface area contributed by atoms with Gasteiger partial charge in [0.25, 0.3) is 0 Å². The zero-order chi connectivity index (χ0) is 14.2. The summed E-state index contributed by atoms with van der Waals surface area (Å²) >= 11 is 0. The maximum absolute atomic E-state index is 10.9. The van der Waals surface area contributed by atoms with Crippen molar-refractivity contribution < 1.29 is 14.8 Å². The minimum Gasteiger partial charge on any atom is -0.396 e. The summed E-state index contributed by atoms with van der Waals surface area (Å²) in [4.78, 5) is 28.6. The van der Waals surface area contributed by atoms with Gasteiger partial charge in [0, 0.05) is 6.42 Å². The molecule has 0 saturated carbocycles. The van der Waals surface area contributed by atoms with Gasteiger partial charge in [-0.3, -0.25) is 30.3 Å². The third-order valence-electron chi connectivity index (χ3n) is 2.36. The Morgan fingerprint density at radius 2 is 1.28 bits per heavy atom. The van der Waals surface area contributed by atoms with Crippen molar-refractivity contribution in [3.8, 4) is 0 Å². The molecule has 1 aliphatic rings. The van der Waals surface area contributed by atoms with Gasteiger partial charge >= 0.3 is 17.1 Å². The molecule has 0 amide bonds. The topological polar surface area (TPSA) is 207 Å². The first kappa shape index (κ1) is 13.3. The Labute approximate surface area is 98.2 Å². The van der Waals surface area contributed by atoms with Crippen molar-refractivity contribution in [2.75, 3.05) is 0 Å². The first-order valence-electron chi connectivity index (χ1n) is 4.34. The Hall–Kier alpha value is -2.76. The summed E-state index contributed by atoms with van der Waals surface area (Å²) in [5, 5.41) is 32.4. The van der Waals surface area contributed by atoms with Crippen LogP contribution in [-0.4, -0.2) is 20.4 Å². The van der Waals surface area contributed by atoms with E-state index in [0.29, 0.717) is 0 Å². The average Bonchev–Trinajstić information content (AvgIpc) is 2.13. The quantitative estimate of drug-likeness (QED) is 0.297. The second kappa shape index (κ2) is 3.92. The second-order valence-corrected chi connectivity index (χ2v) is 3.46. The summed E-state index contributed by atoms with van der Waals surface area (Å²) < 4.78 is 0. The van der Waals surface area contributed by atoms with Gasteiger partial charge in [-0.2, -0.15) is 0 Å². The van der Waals surface area contributed by atoms with Gasteiger partial charge in [-0.05, 0) is 0 Å². The summed E-state index contributed by atoms with van der Waals surface area (Å²) in [6.45, 7) is 0. The Morgan fingerprint density at radius 1 is 0.944 bits per heavy atom. The van der Waals surface area contributed by atoms with E-state index in [0.717, 1.165) is 0 Å². The maximum Gasteiger partial charge on any atom is 0.453 e. The van der Waals surface area contributed by atoms with E-state index < -0.39 is 49.6 Å². The van der Waals surface area contributed by atoms with E-state index in [2.05, 4.69) is 0 Å². The predicted octanol–water partition coefficient (Wildman–Crippen LogP) is -1.78. The normalized spacial score (nSPS) is 18.7. The smallest absolute Gasteiger partial charge is 0.396 e. The highest BCUT2D eigenvalue weighted by atomic mass is 16.7. The number of hydrogen-bond donors (Lipinski definition) is 3. The van der Waals surface area contributed by atoms with E-state index in [1.807, 2.05) is 0 Å². The van der Waals surface area contributed by atoms with Crippen molar-refractivity contribution in [1.29, 1.82) is 0 Å². The summed E-state index contributed by atoms with van der Waals surface area (Å²) in [7, 11) is 0. The molecule has 0 aliphatic heterocycles. The van der Waals surface area contributed by atoms with Gasteiger partial charge in [0.15, 0.2) is 0 Å².